The molecule has 7 heteroatoms. The maximum Gasteiger partial charge on any atom is 0.300 e. The highest BCUT2D eigenvalue weighted by Gasteiger charge is 2.47. The summed E-state index contributed by atoms with van der Waals surface area (Å²) in [5.41, 5.74) is 0.960. The minimum Gasteiger partial charge on any atom is -0.508 e. The van der Waals surface area contributed by atoms with Crippen LogP contribution in [0, 0.1) is 18.6 Å². The molecule has 1 aliphatic rings. The van der Waals surface area contributed by atoms with Gasteiger partial charge >= 0.3 is 0 Å². The molecular weight excluding hydrogens is 404 g/mol. The molecule has 1 amide bonds. The maximum atomic E-state index is 13.7. The van der Waals surface area contributed by atoms with Crippen LogP contribution in [0.15, 0.2) is 72.3 Å². The minimum absolute atomic E-state index is 0.0170. The number of aliphatic hydroxyl groups is 1. The highest BCUT2D eigenvalue weighted by molar-refractivity contribution is 6.51. The highest BCUT2D eigenvalue weighted by Crippen LogP contribution is 2.42. The zero-order chi connectivity index (χ0) is 22.3. The average molecular weight is 421 g/mol. The first-order valence-corrected chi connectivity index (χ1v) is 9.40. The first-order chi connectivity index (χ1) is 14.8. The third kappa shape index (κ3) is 3.54. The Hall–Kier alpha value is -4.00. The molecule has 0 aliphatic carbocycles. The molecule has 0 aromatic heterocycles. The van der Waals surface area contributed by atoms with Gasteiger partial charge in [0.1, 0.15) is 23.1 Å². The minimum atomic E-state index is -1.03. The molecule has 2 N–H and O–H groups in total. The molecule has 3 aromatic rings. The van der Waals surface area contributed by atoms with E-state index >= 15 is 0 Å². The monoisotopic (exact) mass is 421 g/mol. The van der Waals surface area contributed by atoms with E-state index < -0.39 is 35.1 Å². The molecule has 1 fully saturated rings. The number of aromatic hydroxyl groups is 1. The van der Waals surface area contributed by atoms with Crippen molar-refractivity contribution in [1.82, 2.24) is 0 Å². The first-order valence-electron chi connectivity index (χ1n) is 9.40. The summed E-state index contributed by atoms with van der Waals surface area (Å²) in [6.07, 6.45) is 0. The number of carbonyl (C=O) groups is 2. The molecule has 1 atom stereocenters. The first kappa shape index (κ1) is 20.3. The summed E-state index contributed by atoms with van der Waals surface area (Å²) >= 11 is 0. The van der Waals surface area contributed by atoms with Gasteiger partial charge in [-0.05, 0) is 72.6 Å². The number of halogens is 2. The van der Waals surface area contributed by atoms with Gasteiger partial charge in [0.05, 0.1) is 11.6 Å². The Balaban J connectivity index is 1.94. The quantitative estimate of drug-likeness (QED) is 0.368. The lowest BCUT2D eigenvalue weighted by molar-refractivity contribution is -0.132. The van der Waals surface area contributed by atoms with E-state index in [1.165, 1.54) is 55.5 Å². The van der Waals surface area contributed by atoms with Crippen LogP contribution in [0.25, 0.3) is 5.76 Å². The smallest absolute Gasteiger partial charge is 0.300 e. The predicted octanol–water partition coefficient (Wildman–Crippen LogP) is 4.61. The van der Waals surface area contributed by atoms with Crippen LogP contribution in [-0.4, -0.2) is 21.9 Å². The SMILES string of the molecule is Cc1cc(/C(O)=C2/C(=O)C(=O)N(c3ccc(F)cc3)C2c2ccc(O)cc2)ccc1F. The van der Waals surface area contributed by atoms with Crippen LogP contribution >= 0.6 is 0 Å². The number of ketones is 1. The fourth-order valence-electron chi connectivity index (χ4n) is 3.62. The predicted molar refractivity (Wildman–Crippen MR) is 110 cm³/mol. The van der Waals surface area contributed by atoms with E-state index in [-0.39, 0.29) is 28.1 Å². The van der Waals surface area contributed by atoms with Gasteiger partial charge < -0.3 is 10.2 Å². The summed E-state index contributed by atoms with van der Waals surface area (Å²) in [4.78, 5) is 27.1. The Morgan fingerprint density at radius 2 is 1.58 bits per heavy atom. The second-order valence-corrected chi connectivity index (χ2v) is 7.20. The van der Waals surface area contributed by atoms with E-state index in [1.54, 1.807) is 0 Å². The van der Waals surface area contributed by atoms with Crippen molar-refractivity contribution in [1.29, 1.82) is 0 Å². The fraction of sp³-hybridized carbons (Fsp3) is 0.0833. The molecule has 1 heterocycles. The van der Waals surface area contributed by atoms with E-state index in [1.807, 2.05) is 0 Å². The molecule has 156 valence electrons. The molecule has 3 aromatic carbocycles. The number of hydrogen-bond donors (Lipinski definition) is 2. The van der Waals surface area contributed by atoms with Gasteiger partial charge in [-0.1, -0.05) is 12.1 Å². The number of benzene rings is 3. The van der Waals surface area contributed by atoms with Gasteiger partial charge in [-0.25, -0.2) is 8.78 Å². The van der Waals surface area contributed by atoms with Crippen LogP contribution in [0.2, 0.25) is 0 Å². The number of aliphatic hydroxyl groups excluding tert-OH is 1. The van der Waals surface area contributed by atoms with Gasteiger partial charge in [-0.15, -0.1) is 0 Å². The molecule has 0 radical (unpaired) electrons. The van der Waals surface area contributed by atoms with E-state index in [0.29, 0.717) is 5.56 Å². The van der Waals surface area contributed by atoms with Crippen molar-refractivity contribution in [3.05, 3.63) is 101 Å². The largest absolute Gasteiger partial charge is 0.508 e. The van der Waals surface area contributed by atoms with Gasteiger partial charge in [-0.3, -0.25) is 14.5 Å². The third-order valence-corrected chi connectivity index (χ3v) is 5.19. The number of rotatable bonds is 3. The summed E-state index contributed by atoms with van der Waals surface area (Å²) in [7, 11) is 0. The fourth-order valence-corrected chi connectivity index (χ4v) is 3.62. The summed E-state index contributed by atoms with van der Waals surface area (Å²) in [6, 6.07) is 13.7. The topological polar surface area (TPSA) is 77.8 Å². The summed E-state index contributed by atoms with van der Waals surface area (Å²) in [6.45, 7) is 1.51. The van der Waals surface area contributed by atoms with E-state index in [4.69, 9.17) is 0 Å². The number of carbonyl (C=O) groups excluding carboxylic acids is 2. The lowest BCUT2D eigenvalue weighted by Gasteiger charge is -2.25. The second kappa shape index (κ2) is 7.68. The molecule has 4 rings (SSSR count). The molecule has 0 bridgehead atoms. The molecule has 0 spiro atoms. The van der Waals surface area contributed by atoms with Crippen LogP contribution < -0.4 is 4.90 Å². The van der Waals surface area contributed by atoms with E-state index in [9.17, 15) is 28.6 Å². The van der Waals surface area contributed by atoms with Gasteiger partial charge in [0.2, 0.25) is 0 Å². The van der Waals surface area contributed by atoms with Crippen molar-refractivity contribution < 1.29 is 28.6 Å². The Morgan fingerprint density at radius 3 is 2.19 bits per heavy atom. The van der Waals surface area contributed by atoms with Crippen molar-refractivity contribution >= 4 is 23.1 Å². The zero-order valence-corrected chi connectivity index (χ0v) is 16.3. The zero-order valence-electron chi connectivity index (χ0n) is 16.3. The van der Waals surface area contributed by atoms with Crippen molar-refractivity contribution in [2.24, 2.45) is 0 Å². The molecule has 1 unspecified atom stereocenters. The number of phenols is 1. The molecule has 5 nitrogen and oxygen atoms in total. The number of nitrogens with zero attached hydrogens (tertiary/aromatic N) is 1. The lowest BCUT2D eigenvalue weighted by Crippen LogP contribution is -2.29. The normalized spacial score (nSPS) is 17.9. The Labute approximate surface area is 176 Å². The van der Waals surface area contributed by atoms with Crippen LogP contribution in [-0.2, 0) is 9.59 Å². The van der Waals surface area contributed by atoms with Crippen LogP contribution in [0.3, 0.4) is 0 Å². The van der Waals surface area contributed by atoms with E-state index in [0.717, 1.165) is 23.1 Å². The number of anilines is 1. The standard InChI is InChI=1S/C24H17F2NO4/c1-13-12-15(4-11-19(13)26)22(29)20-21(14-2-9-18(28)10-3-14)27(24(31)23(20)30)17-7-5-16(25)6-8-17/h2-12,21,28-29H,1H3/b22-20-. The third-order valence-electron chi connectivity index (χ3n) is 5.19. The molecular formula is C24H17F2NO4. The Kier molecular flexibility index (Phi) is 5.02. The van der Waals surface area contributed by atoms with Gasteiger partial charge in [-0.2, -0.15) is 0 Å². The number of hydrogen-bond acceptors (Lipinski definition) is 4. The number of amides is 1. The van der Waals surface area contributed by atoms with Crippen LogP contribution in [0.5, 0.6) is 5.75 Å². The molecule has 0 saturated carbocycles. The summed E-state index contributed by atoms with van der Waals surface area (Å²) < 4.78 is 27.1. The highest BCUT2D eigenvalue weighted by atomic mass is 19.1. The van der Waals surface area contributed by atoms with E-state index in [2.05, 4.69) is 0 Å². The van der Waals surface area contributed by atoms with Crippen molar-refractivity contribution in [2.75, 3.05) is 4.90 Å². The van der Waals surface area contributed by atoms with Crippen LogP contribution in [0.4, 0.5) is 14.5 Å². The number of Topliss-reactive ketones (excluding diaryl/α,β-unsaturated/α-hetero) is 1. The Bertz CT molecular complexity index is 1220. The van der Waals surface area contributed by atoms with Gasteiger partial charge in [0, 0.05) is 11.3 Å². The van der Waals surface area contributed by atoms with Crippen molar-refractivity contribution in [2.45, 2.75) is 13.0 Å². The van der Waals surface area contributed by atoms with Gasteiger partial charge in [0.25, 0.3) is 11.7 Å². The van der Waals surface area contributed by atoms with Crippen molar-refractivity contribution in [3.8, 4) is 5.75 Å². The summed E-state index contributed by atoms with van der Waals surface area (Å²) in [5, 5.41) is 20.6. The molecule has 1 aliphatic heterocycles. The number of phenolic OH excluding ortho intramolecular Hbond substituents is 1. The lowest BCUT2D eigenvalue weighted by atomic mass is 9.94. The van der Waals surface area contributed by atoms with Crippen LogP contribution in [0.1, 0.15) is 22.7 Å². The molecule has 31 heavy (non-hydrogen) atoms. The average Bonchev–Trinajstić information content (AvgIpc) is 3.01. The molecule has 1 saturated heterocycles. The Morgan fingerprint density at radius 1 is 0.935 bits per heavy atom. The van der Waals surface area contributed by atoms with Crippen molar-refractivity contribution in [3.63, 3.8) is 0 Å². The summed E-state index contributed by atoms with van der Waals surface area (Å²) in [5.74, 6) is -3.28. The maximum absolute atomic E-state index is 13.7. The van der Waals surface area contributed by atoms with Gasteiger partial charge in [0.15, 0.2) is 0 Å². The second-order valence-electron chi connectivity index (χ2n) is 7.20. The number of aryl methyl sites for hydroxylation is 1.